The van der Waals surface area contributed by atoms with Crippen molar-refractivity contribution in [3.8, 4) is 0 Å². The lowest BCUT2D eigenvalue weighted by atomic mass is 9.97. The molecular formula is C17H20N2O2S. The van der Waals surface area contributed by atoms with Gasteiger partial charge in [-0.05, 0) is 31.9 Å². The molecule has 0 N–H and O–H groups in total. The summed E-state index contributed by atoms with van der Waals surface area (Å²) < 4.78 is 5.03. The summed E-state index contributed by atoms with van der Waals surface area (Å²) in [7, 11) is 0. The summed E-state index contributed by atoms with van der Waals surface area (Å²) in [5, 5.41) is 1.07. The maximum Gasteiger partial charge on any atom is 0.349 e. The number of para-hydroxylation sites is 1. The van der Waals surface area contributed by atoms with E-state index < -0.39 is 0 Å². The molecule has 1 fully saturated rings. The summed E-state index contributed by atoms with van der Waals surface area (Å²) in [5.41, 5.74) is 1.28. The molecule has 3 rings (SSSR count). The highest BCUT2D eigenvalue weighted by Gasteiger charge is 2.24. The van der Waals surface area contributed by atoms with Crippen molar-refractivity contribution >= 4 is 23.0 Å². The summed E-state index contributed by atoms with van der Waals surface area (Å²) >= 11 is 1.48. The number of hydrogen-bond acceptors (Lipinski definition) is 5. The molecule has 1 saturated heterocycles. The Kier molecular flexibility index (Phi) is 4.73. The number of carbonyl (C=O) groups excluding carboxylic acids is 1. The Morgan fingerprint density at radius 2 is 2.05 bits per heavy atom. The van der Waals surface area contributed by atoms with Crippen molar-refractivity contribution in [1.82, 2.24) is 4.98 Å². The van der Waals surface area contributed by atoms with Crippen LogP contribution in [0.4, 0.5) is 5.69 Å². The van der Waals surface area contributed by atoms with Crippen LogP contribution in [0.15, 0.2) is 36.5 Å². The van der Waals surface area contributed by atoms with Crippen LogP contribution in [0.2, 0.25) is 0 Å². The third-order valence-electron chi connectivity index (χ3n) is 3.97. The van der Waals surface area contributed by atoms with Crippen LogP contribution in [-0.4, -0.2) is 30.6 Å². The van der Waals surface area contributed by atoms with Gasteiger partial charge in [-0.15, -0.1) is 11.3 Å². The van der Waals surface area contributed by atoms with E-state index in [1.807, 2.05) is 13.0 Å². The van der Waals surface area contributed by atoms with Crippen molar-refractivity contribution in [2.45, 2.75) is 25.7 Å². The first kappa shape index (κ1) is 15.0. The minimum absolute atomic E-state index is 0.257. The standard InChI is InChI=1S/C17H20N2O2S/c1-2-21-17(20)15-12-18-16(22-15)13-8-10-19(11-9-13)14-6-4-3-5-7-14/h3-7,12-13H,2,8-11H2,1H3. The van der Waals surface area contributed by atoms with Gasteiger partial charge in [0.25, 0.3) is 0 Å². The summed E-state index contributed by atoms with van der Waals surface area (Å²) in [4.78, 5) is 19.2. The number of nitrogens with zero attached hydrogens (tertiary/aromatic N) is 2. The van der Waals surface area contributed by atoms with Gasteiger partial charge in [0, 0.05) is 24.7 Å². The van der Waals surface area contributed by atoms with Crippen molar-refractivity contribution in [3.63, 3.8) is 0 Å². The summed E-state index contributed by atoms with van der Waals surface area (Å²) in [6.07, 6.45) is 3.80. The van der Waals surface area contributed by atoms with Crippen LogP contribution in [-0.2, 0) is 4.74 Å². The second-order valence-corrected chi connectivity index (χ2v) is 6.44. The van der Waals surface area contributed by atoms with E-state index in [2.05, 4.69) is 34.1 Å². The first-order valence-corrected chi connectivity index (χ1v) is 8.52. The SMILES string of the molecule is CCOC(=O)c1cnc(C2CCN(c3ccccc3)CC2)s1. The molecule has 22 heavy (non-hydrogen) atoms. The largest absolute Gasteiger partial charge is 0.462 e. The highest BCUT2D eigenvalue weighted by molar-refractivity contribution is 7.13. The fourth-order valence-corrected chi connectivity index (χ4v) is 3.78. The monoisotopic (exact) mass is 316 g/mol. The third kappa shape index (κ3) is 3.30. The van der Waals surface area contributed by atoms with Crippen LogP contribution in [0.5, 0.6) is 0 Å². The molecule has 5 heteroatoms. The second-order valence-electron chi connectivity index (χ2n) is 5.38. The van der Waals surface area contributed by atoms with Crippen molar-refractivity contribution in [2.24, 2.45) is 0 Å². The molecule has 116 valence electrons. The number of piperidine rings is 1. The smallest absolute Gasteiger partial charge is 0.349 e. The van der Waals surface area contributed by atoms with E-state index in [0.29, 0.717) is 17.4 Å². The molecule has 0 unspecified atom stereocenters. The van der Waals surface area contributed by atoms with E-state index in [1.165, 1.54) is 17.0 Å². The van der Waals surface area contributed by atoms with Crippen LogP contribution >= 0.6 is 11.3 Å². The molecule has 4 nitrogen and oxygen atoms in total. The maximum absolute atomic E-state index is 11.7. The third-order valence-corrected chi connectivity index (χ3v) is 5.11. The molecule has 2 heterocycles. The number of benzene rings is 1. The van der Waals surface area contributed by atoms with Gasteiger partial charge in [-0.3, -0.25) is 0 Å². The number of ether oxygens (including phenoxy) is 1. The molecule has 0 atom stereocenters. The van der Waals surface area contributed by atoms with Crippen LogP contribution in [0.1, 0.15) is 40.4 Å². The van der Waals surface area contributed by atoms with Crippen LogP contribution in [0.3, 0.4) is 0 Å². The molecule has 1 aliphatic rings. The molecule has 0 radical (unpaired) electrons. The summed E-state index contributed by atoms with van der Waals surface area (Å²) in [6.45, 7) is 4.28. The van der Waals surface area contributed by atoms with Gasteiger partial charge in [-0.2, -0.15) is 0 Å². The number of anilines is 1. The first-order chi connectivity index (χ1) is 10.8. The highest BCUT2D eigenvalue weighted by Crippen LogP contribution is 2.32. The quantitative estimate of drug-likeness (QED) is 0.807. The minimum Gasteiger partial charge on any atom is -0.462 e. The predicted octanol–water partition coefficient (Wildman–Crippen LogP) is 3.70. The fraction of sp³-hybridized carbons (Fsp3) is 0.412. The molecule has 1 aliphatic heterocycles. The number of thiazole rings is 1. The molecule has 0 bridgehead atoms. The average Bonchev–Trinajstić information content (AvgIpc) is 3.06. The molecule has 1 aromatic carbocycles. The second kappa shape index (κ2) is 6.92. The molecule has 0 saturated carbocycles. The van der Waals surface area contributed by atoms with Gasteiger partial charge in [0.15, 0.2) is 0 Å². The van der Waals surface area contributed by atoms with Crippen LogP contribution < -0.4 is 4.90 Å². The Morgan fingerprint density at radius 1 is 1.32 bits per heavy atom. The Hall–Kier alpha value is -1.88. The van der Waals surface area contributed by atoms with E-state index in [1.54, 1.807) is 6.20 Å². The first-order valence-electron chi connectivity index (χ1n) is 7.70. The number of rotatable bonds is 4. The van der Waals surface area contributed by atoms with Gasteiger partial charge in [-0.1, -0.05) is 18.2 Å². The fourth-order valence-electron chi connectivity index (χ4n) is 2.80. The van der Waals surface area contributed by atoms with Crippen LogP contribution in [0.25, 0.3) is 0 Å². The van der Waals surface area contributed by atoms with Gasteiger partial charge in [-0.25, -0.2) is 9.78 Å². The van der Waals surface area contributed by atoms with E-state index in [0.717, 1.165) is 30.9 Å². The summed E-state index contributed by atoms with van der Waals surface area (Å²) in [5.74, 6) is 0.195. The maximum atomic E-state index is 11.7. The zero-order valence-corrected chi connectivity index (χ0v) is 13.5. The Bertz CT molecular complexity index is 619. The number of hydrogen-bond donors (Lipinski definition) is 0. The van der Waals surface area contributed by atoms with Gasteiger partial charge < -0.3 is 9.64 Å². The highest BCUT2D eigenvalue weighted by atomic mass is 32.1. The van der Waals surface area contributed by atoms with Crippen molar-refractivity contribution < 1.29 is 9.53 Å². The molecule has 0 aliphatic carbocycles. The lowest BCUT2D eigenvalue weighted by molar-refractivity contribution is 0.0532. The summed E-state index contributed by atoms with van der Waals surface area (Å²) in [6, 6.07) is 10.5. The normalized spacial score (nSPS) is 15.8. The van der Waals surface area contributed by atoms with Gasteiger partial charge in [0.1, 0.15) is 4.88 Å². The zero-order valence-electron chi connectivity index (χ0n) is 12.7. The molecule has 1 aromatic heterocycles. The topological polar surface area (TPSA) is 42.4 Å². The van der Waals surface area contributed by atoms with Crippen molar-refractivity contribution in [1.29, 1.82) is 0 Å². The van der Waals surface area contributed by atoms with E-state index >= 15 is 0 Å². The Morgan fingerprint density at radius 3 is 2.73 bits per heavy atom. The van der Waals surface area contributed by atoms with E-state index in [-0.39, 0.29) is 5.97 Å². The van der Waals surface area contributed by atoms with E-state index in [9.17, 15) is 4.79 Å². The average molecular weight is 316 g/mol. The minimum atomic E-state index is -0.257. The molecule has 0 amide bonds. The van der Waals surface area contributed by atoms with E-state index in [4.69, 9.17) is 4.74 Å². The Balaban J connectivity index is 1.61. The number of esters is 1. The molecular weight excluding hydrogens is 296 g/mol. The van der Waals surface area contributed by atoms with Gasteiger partial charge >= 0.3 is 5.97 Å². The lowest BCUT2D eigenvalue weighted by Gasteiger charge is -2.32. The molecule has 2 aromatic rings. The van der Waals surface area contributed by atoms with Gasteiger partial charge in [0.2, 0.25) is 0 Å². The zero-order chi connectivity index (χ0) is 15.4. The lowest BCUT2D eigenvalue weighted by Crippen LogP contribution is -2.32. The number of aromatic nitrogens is 1. The predicted molar refractivity (Wildman–Crippen MR) is 88.7 cm³/mol. The van der Waals surface area contributed by atoms with Crippen molar-refractivity contribution in [3.05, 3.63) is 46.4 Å². The van der Waals surface area contributed by atoms with Gasteiger partial charge in [0.05, 0.1) is 17.8 Å². The van der Waals surface area contributed by atoms with Crippen LogP contribution in [0, 0.1) is 0 Å². The van der Waals surface area contributed by atoms with Crippen molar-refractivity contribution in [2.75, 3.05) is 24.6 Å². The Labute approximate surface area is 134 Å². The molecule has 0 spiro atoms. The number of carbonyl (C=O) groups is 1.